The maximum atomic E-state index is 14.4. The minimum atomic E-state index is -0.525. The van der Waals surface area contributed by atoms with Crippen molar-refractivity contribution in [3.8, 4) is 0 Å². The molecule has 1 fully saturated rings. The molecule has 33 heavy (non-hydrogen) atoms. The number of anilines is 1. The predicted molar refractivity (Wildman–Crippen MR) is 126 cm³/mol. The molecule has 1 amide bonds. The molecule has 0 aliphatic carbocycles. The Kier molecular flexibility index (Phi) is 6.79. The van der Waals surface area contributed by atoms with Crippen molar-refractivity contribution in [2.75, 3.05) is 18.0 Å². The molecule has 0 unspecified atom stereocenters. The number of nitrogens with zero attached hydrogens (tertiary/aromatic N) is 3. The number of amides is 1. The van der Waals surface area contributed by atoms with Crippen molar-refractivity contribution in [1.29, 1.82) is 0 Å². The second kappa shape index (κ2) is 9.92. The van der Waals surface area contributed by atoms with Crippen LogP contribution in [0.1, 0.15) is 34.3 Å². The van der Waals surface area contributed by atoms with E-state index in [4.69, 9.17) is 0 Å². The Bertz CT molecular complexity index is 1140. The zero-order valence-corrected chi connectivity index (χ0v) is 18.5. The van der Waals surface area contributed by atoms with Crippen molar-refractivity contribution in [3.63, 3.8) is 0 Å². The third kappa shape index (κ3) is 5.26. The van der Waals surface area contributed by atoms with E-state index < -0.39 is 5.82 Å². The summed E-state index contributed by atoms with van der Waals surface area (Å²) in [5, 5.41) is 11.1. The lowest BCUT2D eigenvalue weighted by Gasteiger charge is -2.38. The molecule has 4 rings (SSSR count). The van der Waals surface area contributed by atoms with Crippen LogP contribution in [0.3, 0.4) is 0 Å². The van der Waals surface area contributed by atoms with Gasteiger partial charge in [-0.3, -0.25) is 19.8 Å². The van der Waals surface area contributed by atoms with Gasteiger partial charge in [-0.25, -0.2) is 4.39 Å². The number of halogens is 1. The van der Waals surface area contributed by atoms with Crippen molar-refractivity contribution in [2.45, 2.75) is 32.4 Å². The van der Waals surface area contributed by atoms with Crippen LogP contribution in [0, 0.1) is 22.9 Å². The number of carbonyl (C=O) groups excluding carboxylic acids is 1. The first kappa shape index (κ1) is 22.6. The monoisotopic (exact) mass is 447 g/mol. The van der Waals surface area contributed by atoms with Crippen LogP contribution in [0.4, 0.5) is 15.8 Å². The molecule has 7 heteroatoms. The predicted octanol–water partition coefficient (Wildman–Crippen LogP) is 5.35. The molecular weight excluding hydrogens is 421 g/mol. The average molecular weight is 448 g/mol. The average Bonchev–Trinajstić information content (AvgIpc) is 2.82. The second-order valence-electron chi connectivity index (χ2n) is 8.42. The molecular formula is C26H26FN3O3. The van der Waals surface area contributed by atoms with E-state index in [2.05, 4.69) is 4.90 Å². The Morgan fingerprint density at radius 1 is 1.06 bits per heavy atom. The number of piperidine rings is 1. The number of nitro groups is 1. The zero-order valence-electron chi connectivity index (χ0n) is 18.5. The Hall–Kier alpha value is -3.58. The summed E-state index contributed by atoms with van der Waals surface area (Å²) in [4.78, 5) is 28.1. The van der Waals surface area contributed by atoms with E-state index in [1.165, 1.54) is 18.2 Å². The Morgan fingerprint density at radius 3 is 2.42 bits per heavy atom. The molecule has 1 saturated heterocycles. The largest absolute Gasteiger partial charge is 0.305 e. The fourth-order valence-electron chi connectivity index (χ4n) is 4.33. The topological polar surface area (TPSA) is 66.7 Å². The van der Waals surface area contributed by atoms with E-state index in [1.54, 1.807) is 29.2 Å². The first-order chi connectivity index (χ1) is 15.9. The number of rotatable bonds is 6. The number of carbonyl (C=O) groups is 1. The number of likely N-dealkylation sites (tertiary alicyclic amines) is 1. The summed E-state index contributed by atoms with van der Waals surface area (Å²) in [7, 11) is 0. The summed E-state index contributed by atoms with van der Waals surface area (Å²) in [6, 6.07) is 20.4. The molecule has 0 spiro atoms. The maximum Gasteiger partial charge on any atom is 0.269 e. The molecule has 0 bridgehead atoms. The summed E-state index contributed by atoms with van der Waals surface area (Å²) in [5.74, 6) is -0.864. The van der Waals surface area contributed by atoms with E-state index >= 15 is 0 Å². The molecule has 0 N–H and O–H groups in total. The molecule has 6 nitrogen and oxygen atoms in total. The SMILES string of the molecule is Cc1ccc(N(C(=O)c2ccccc2F)C2CCN(Cc3cccc([N+](=O)[O-])c3)CC2)cc1. The fourth-order valence-corrected chi connectivity index (χ4v) is 4.33. The van der Waals surface area contributed by atoms with Crippen molar-refractivity contribution in [3.05, 3.63) is 105 Å². The van der Waals surface area contributed by atoms with Crippen LogP contribution in [0.5, 0.6) is 0 Å². The van der Waals surface area contributed by atoms with Crippen LogP contribution in [-0.2, 0) is 6.54 Å². The molecule has 3 aromatic carbocycles. The van der Waals surface area contributed by atoms with Gasteiger partial charge in [0.25, 0.3) is 11.6 Å². The smallest absolute Gasteiger partial charge is 0.269 e. The van der Waals surface area contributed by atoms with Crippen LogP contribution in [0.2, 0.25) is 0 Å². The Balaban J connectivity index is 1.51. The molecule has 3 aromatic rings. The van der Waals surface area contributed by atoms with Gasteiger partial charge in [0.15, 0.2) is 0 Å². The summed E-state index contributed by atoms with van der Waals surface area (Å²) >= 11 is 0. The molecule has 170 valence electrons. The highest BCUT2D eigenvalue weighted by Crippen LogP contribution is 2.28. The van der Waals surface area contributed by atoms with Crippen LogP contribution in [0.15, 0.2) is 72.8 Å². The molecule has 1 aliphatic rings. The quantitative estimate of drug-likeness (QED) is 0.377. The lowest BCUT2D eigenvalue weighted by atomic mass is 9.99. The Labute approximate surface area is 192 Å². The van der Waals surface area contributed by atoms with E-state index in [0.717, 1.165) is 42.7 Å². The van der Waals surface area contributed by atoms with Gasteiger partial charge < -0.3 is 4.90 Å². The van der Waals surface area contributed by atoms with E-state index in [-0.39, 0.29) is 28.1 Å². The first-order valence-corrected chi connectivity index (χ1v) is 11.0. The number of nitro benzene ring substituents is 1. The summed E-state index contributed by atoms with van der Waals surface area (Å²) in [5.41, 5.74) is 2.88. The lowest BCUT2D eigenvalue weighted by Crippen LogP contribution is -2.47. The van der Waals surface area contributed by atoms with Crippen LogP contribution >= 0.6 is 0 Å². The third-order valence-electron chi connectivity index (χ3n) is 6.09. The van der Waals surface area contributed by atoms with Gasteiger partial charge in [0.2, 0.25) is 0 Å². The Morgan fingerprint density at radius 2 is 1.76 bits per heavy atom. The van der Waals surface area contributed by atoms with E-state index in [9.17, 15) is 19.3 Å². The van der Waals surface area contributed by atoms with Crippen LogP contribution < -0.4 is 4.90 Å². The van der Waals surface area contributed by atoms with Gasteiger partial charge in [0.1, 0.15) is 5.82 Å². The highest BCUT2D eigenvalue weighted by molar-refractivity contribution is 6.06. The standard InChI is InChI=1S/C26H26FN3O3/c1-19-9-11-21(12-10-19)29(26(31)24-7-2-3-8-25(24)27)22-13-15-28(16-14-22)18-20-5-4-6-23(17-20)30(32)33/h2-12,17,22H,13-16,18H2,1H3. The summed E-state index contributed by atoms with van der Waals surface area (Å²) in [6.45, 7) is 4.07. The van der Waals surface area contributed by atoms with Gasteiger partial charge in [0, 0.05) is 43.5 Å². The van der Waals surface area contributed by atoms with Crippen molar-refractivity contribution in [2.24, 2.45) is 0 Å². The molecule has 0 radical (unpaired) electrons. The second-order valence-corrected chi connectivity index (χ2v) is 8.42. The van der Waals surface area contributed by atoms with Gasteiger partial charge in [-0.15, -0.1) is 0 Å². The molecule has 0 atom stereocenters. The van der Waals surface area contributed by atoms with E-state index in [0.29, 0.717) is 6.54 Å². The minimum Gasteiger partial charge on any atom is -0.305 e. The van der Waals surface area contributed by atoms with E-state index in [1.807, 2.05) is 37.3 Å². The first-order valence-electron chi connectivity index (χ1n) is 11.0. The van der Waals surface area contributed by atoms with Crippen molar-refractivity contribution < 1.29 is 14.1 Å². The maximum absolute atomic E-state index is 14.4. The third-order valence-corrected chi connectivity index (χ3v) is 6.09. The normalized spacial score (nSPS) is 14.7. The van der Waals surface area contributed by atoms with Gasteiger partial charge in [0.05, 0.1) is 10.5 Å². The molecule has 0 aromatic heterocycles. The van der Waals surface area contributed by atoms with Crippen molar-refractivity contribution in [1.82, 2.24) is 4.90 Å². The number of hydrogen-bond acceptors (Lipinski definition) is 4. The molecule has 1 aliphatic heterocycles. The van der Waals surface area contributed by atoms with Gasteiger partial charge in [-0.2, -0.15) is 0 Å². The van der Waals surface area contributed by atoms with Crippen LogP contribution in [-0.4, -0.2) is 34.9 Å². The van der Waals surface area contributed by atoms with Gasteiger partial charge >= 0.3 is 0 Å². The number of non-ortho nitro benzene ring substituents is 1. The highest BCUT2D eigenvalue weighted by Gasteiger charge is 2.31. The number of hydrogen-bond donors (Lipinski definition) is 0. The number of benzene rings is 3. The zero-order chi connectivity index (χ0) is 23.4. The highest BCUT2D eigenvalue weighted by atomic mass is 19.1. The van der Waals surface area contributed by atoms with Crippen molar-refractivity contribution >= 4 is 17.3 Å². The minimum absolute atomic E-state index is 0.0668. The van der Waals surface area contributed by atoms with Gasteiger partial charge in [-0.05, 0) is 49.6 Å². The number of aryl methyl sites for hydroxylation is 1. The summed E-state index contributed by atoms with van der Waals surface area (Å²) in [6.07, 6.45) is 1.45. The molecule has 1 heterocycles. The summed E-state index contributed by atoms with van der Waals surface area (Å²) < 4.78 is 14.4. The van der Waals surface area contributed by atoms with Crippen LogP contribution in [0.25, 0.3) is 0 Å². The fraction of sp³-hybridized carbons (Fsp3) is 0.269. The van der Waals surface area contributed by atoms with Gasteiger partial charge in [-0.1, -0.05) is 42.0 Å². The lowest BCUT2D eigenvalue weighted by molar-refractivity contribution is -0.384. The molecule has 0 saturated carbocycles.